The quantitative estimate of drug-likeness (QED) is 0.695. The number of benzene rings is 2. The van der Waals surface area contributed by atoms with E-state index in [9.17, 15) is 13.2 Å². The van der Waals surface area contributed by atoms with E-state index in [0.717, 1.165) is 12.2 Å². The van der Waals surface area contributed by atoms with Crippen molar-refractivity contribution in [1.82, 2.24) is 9.21 Å². The highest BCUT2D eigenvalue weighted by Crippen LogP contribution is 2.19. The van der Waals surface area contributed by atoms with Gasteiger partial charge in [-0.15, -0.1) is 0 Å². The van der Waals surface area contributed by atoms with Crippen molar-refractivity contribution in [3.05, 3.63) is 60.2 Å². The lowest BCUT2D eigenvalue weighted by Crippen LogP contribution is -2.50. The smallest absolute Gasteiger partial charge is 0.253 e. The fourth-order valence-electron chi connectivity index (χ4n) is 3.16. The summed E-state index contributed by atoms with van der Waals surface area (Å²) in [7, 11) is -3.52. The molecule has 29 heavy (non-hydrogen) atoms. The molecule has 1 aliphatic heterocycles. The first kappa shape index (κ1) is 21.3. The predicted octanol–water partition coefficient (Wildman–Crippen LogP) is 3.26. The van der Waals surface area contributed by atoms with Gasteiger partial charge in [0.15, 0.2) is 0 Å². The molecule has 156 valence electrons. The van der Waals surface area contributed by atoms with E-state index >= 15 is 0 Å². The average Bonchev–Trinajstić information content (AvgIpc) is 2.74. The zero-order valence-corrected chi connectivity index (χ0v) is 17.8. The highest BCUT2D eigenvalue weighted by Gasteiger charge is 2.30. The van der Waals surface area contributed by atoms with Crippen molar-refractivity contribution < 1.29 is 17.9 Å². The molecule has 1 aliphatic rings. The van der Waals surface area contributed by atoms with Crippen molar-refractivity contribution in [3.8, 4) is 5.75 Å². The zero-order chi connectivity index (χ0) is 20.9. The zero-order valence-electron chi connectivity index (χ0n) is 17.0. The highest BCUT2D eigenvalue weighted by molar-refractivity contribution is 7.89. The Morgan fingerprint density at radius 3 is 2.17 bits per heavy atom. The minimum absolute atomic E-state index is 0.0875. The lowest BCUT2D eigenvalue weighted by atomic mass is 10.1. The molecule has 2 aromatic carbocycles. The highest BCUT2D eigenvalue weighted by atomic mass is 32.2. The maximum atomic E-state index is 12.8. The molecule has 2 aromatic rings. The van der Waals surface area contributed by atoms with Gasteiger partial charge in [-0.2, -0.15) is 4.31 Å². The van der Waals surface area contributed by atoms with Crippen LogP contribution >= 0.6 is 0 Å². The summed E-state index contributed by atoms with van der Waals surface area (Å²) in [6, 6.07) is 15.5. The van der Waals surface area contributed by atoms with Crippen LogP contribution in [0.3, 0.4) is 0 Å². The molecule has 1 fully saturated rings. The number of carbonyl (C=O) groups excluding carboxylic acids is 1. The summed E-state index contributed by atoms with van der Waals surface area (Å²) in [5.74, 6) is 1.25. The Morgan fingerprint density at radius 2 is 1.59 bits per heavy atom. The summed E-state index contributed by atoms with van der Waals surface area (Å²) in [6.07, 6.45) is 0.983. The largest absolute Gasteiger partial charge is 0.494 e. The maximum absolute atomic E-state index is 12.8. The van der Waals surface area contributed by atoms with Gasteiger partial charge in [0.1, 0.15) is 5.75 Å². The molecule has 0 saturated carbocycles. The average molecular weight is 417 g/mol. The van der Waals surface area contributed by atoms with Crippen LogP contribution in [0.25, 0.3) is 0 Å². The van der Waals surface area contributed by atoms with Crippen LogP contribution in [0, 0.1) is 5.92 Å². The number of sulfonamides is 1. The number of piperazine rings is 1. The van der Waals surface area contributed by atoms with E-state index < -0.39 is 10.0 Å². The monoisotopic (exact) mass is 416 g/mol. The molecule has 0 N–H and O–H groups in total. The molecule has 0 bridgehead atoms. The Kier molecular flexibility index (Phi) is 6.92. The van der Waals surface area contributed by atoms with Crippen LogP contribution < -0.4 is 4.74 Å². The van der Waals surface area contributed by atoms with Crippen LogP contribution in [0.5, 0.6) is 5.75 Å². The van der Waals surface area contributed by atoms with Gasteiger partial charge in [-0.25, -0.2) is 8.42 Å². The number of amides is 1. The number of hydrogen-bond acceptors (Lipinski definition) is 4. The Hall–Kier alpha value is -2.38. The molecular formula is C22H28N2O4S. The van der Waals surface area contributed by atoms with Gasteiger partial charge >= 0.3 is 0 Å². The summed E-state index contributed by atoms with van der Waals surface area (Å²) in [6.45, 7) is 6.28. The third-order valence-corrected chi connectivity index (χ3v) is 6.88. The Labute approximate surface area is 173 Å². The van der Waals surface area contributed by atoms with Gasteiger partial charge in [0.25, 0.3) is 5.91 Å². The molecule has 0 radical (unpaired) electrons. The standard InChI is InChI=1S/C22H28N2O4S/c1-18(2)12-17-28-20-10-8-19(9-11-20)22(25)23-13-15-24(16-14-23)29(26,27)21-6-4-3-5-7-21/h3-11,18H,12-17H2,1-2H3. The molecule has 0 spiro atoms. The molecule has 1 amide bonds. The summed E-state index contributed by atoms with van der Waals surface area (Å²) in [5, 5.41) is 0. The van der Waals surface area contributed by atoms with E-state index in [1.165, 1.54) is 4.31 Å². The predicted molar refractivity (Wildman–Crippen MR) is 112 cm³/mol. The van der Waals surface area contributed by atoms with Crippen molar-refractivity contribution in [1.29, 1.82) is 0 Å². The summed E-state index contributed by atoms with van der Waals surface area (Å²) in [5.41, 5.74) is 0.584. The second kappa shape index (κ2) is 9.41. The first-order valence-electron chi connectivity index (χ1n) is 9.95. The molecule has 6 nitrogen and oxygen atoms in total. The van der Waals surface area contributed by atoms with Crippen LogP contribution in [0.15, 0.2) is 59.5 Å². The lowest BCUT2D eigenvalue weighted by Gasteiger charge is -2.34. The fraction of sp³-hybridized carbons (Fsp3) is 0.409. The molecule has 3 rings (SSSR count). The van der Waals surface area contributed by atoms with Crippen molar-refractivity contribution in [2.24, 2.45) is 5.92 Å². The molecule has 0 atom stereocenters. The van der Waals surface area contributed by atoms with Crippen molar-refractivity contribution >= 4 is 15.9 Å². The van der Waals surface area contributed by atoms with E-state index in [-0.39, 0.29) is 10.8 Å². The fourth-order valence-corrected chi connectivity index (χ4v) is 4.61. The van der Waals surface area contributed by atoms with Crippen molar-refractivity contribution in [2.75, 3.05) is 32.8 Å². The lowest BCUT2D eigenvalue weighted by molar-refractivity contribution is 0.0698. The second-order valence-corrected chi connectivity index (χ2v) is 9.50. The molecule has 7 heteroatoms. The van der Waals surface area contributed by atoms with Crippen molar-refractivity contribution in [3.63, 3.8) is 0 Å². The SMILES string of the molecule is CC(C)CCOc1ccc(C(=O)N2CCN(S(=O)(=O)c3ccccc3)CC2)cc1. The van der Waals surface area contributed by atoms with Gasteiger partial charge in [0.2, 0.25) is 10.0 Å². The summed E-state index contributed by atoms with van der Waals surface area (Å²) >= 11 is 0. The van der Waals surface area contributed by atoms with E-state index in [0.29, 0.717) is 44.3 Å². The van der Waals surface area contributed by atoms with Gasteiger partial charge in [-0.05, 0) is 48.7 Å². The molecule has 0 aliphatic carbocycles. The van der Waals surface area contributed by atoms with E-state index in [1.807, 2.05) is 12.1 Å². The van der Waals surface area contributed by atoms with Crippen LogP contribution in [0.1, 0.15) is 30.6 Å². The number of hydrogen-bond donors (Lipinski definition) is 0. The van der Waals surface area contributed by atoms with E-state index in [4.69, 9.17) is 4.74 Å². The normalized spacial score (nSPS) is 15.5. The van der Waals surface area contributed by atoms with Gasteiger partial charge in [-0.3, -0.25) is 4.79 Å². The molecular weight excluding hydrogens is 388 g/mol. The first-order valence-corrected chi connectivity index (χ1v) is 11.4. The number of rotatable bonds is 7. The first-order chi connectivity index (χ1) is 13.9. The van der Waals surface area contributed by atoms with Crippen LogP contribution in [-0.2, 0) is 10.0 Å². The van der Waals surface area contributed by atoms with Gasteiger partial charge < -0.3 is 9.64 Å². The van der Waals surface area contributed by atoms with Gasteiger partial charge in [-0.1, -0.05) is 32.0 Å². The summed E-state index contributed by atoms with van der Waals surface area (Å²) in [4.78, 5) is 14.7. The summed E-state index contributed by atoms with van der Waals surface area (Å²) < 4.78 is 32.6. The minimum atomic E-state index is -3.52. The number of ether oxygens (including phenoxy) is 1. The second-order valence-electron chi connectivity index (χ2n) is 7.56. The Morgan fingerprint density at radius 1 is 0.966 bits per heavy atom. The Balaban J connectivity index is 1.56. The minimum Gasteiger partial charge on any atom is -0.494 e. The Bertz CT molecular complexity index is 904. The number of carbonyl (C=O) groups is 1. The van der Waals surface area contributed by atoms with Crippen LogP contribution in [-0.4, -0.2) is 56.3 Å². The molecule has 0 unspecified atom stereocenters. The van der Waals surface area contributed by atoms with E-state index in [1.54, 1.807) is 47.4 Å². The van der Waals surface area contributed by atoms with Gasteiger partial charge in [0.05, 0.1) is 11.5 Å². The molecule has 1 saturated heterocycles. The van der Waals surface area contributed by atoms with Crippen LogP contribution in [0.4, 0.5) is 0 Å². The third-order valence-electron chi connectivity index (χ3n) is 4.97. The van der Waals surface area contributed by atoms with Crippen molar-refractivity contribution in [2.45, 2.75) is 25.2 Å². The topological polar surface area (TPSA) is 66.9 Å². The molecule has 0 aromatic heterocycles. The maximum Gasteiger partial charge on any atom is 0.253 e. The van der Waals surface area contributed by atoms with Gasteiger partial charge in [0, 0.05) is 31.7 Å². The number of nitrogens with zero attached hydrogens (tertiary/aromatic N) is 2. The van der Waals surface area contributed by atoms with E-state index in [2.05, 4.69) is 13.8 Å². The van der Waals surface area contributed by atoms with Crippen LogP contribution in [0.2, 0.25) is 0 Å². The molecule has 1 heterocycles. The third kappa shape index (κ3) is 5.36.